The number of esters is 4. The molecule has 0 aliphatic heterocycles. The number of carbonyl (C=O) groups is 4. The van der Waals surface area contributed by atoms with Crippen molar-refractivity contribution in [2.75, 3.05) is 39.6 Å². The van der Waals surface area contributed by atoms with Crippen LogP contribution >= 0.6 is 15.6 Å². The average Bonchev–Trinajstić information content (AvgIpc) is 0.971. The van der Waals surface area contributed by atoms with E-state index in [0.29, 0.717) is 25.7 Å². The van der Waals surface area contributed by atoms with Gasteiger partial charge in [0.1, 0.15) is 19.3 Å². The highest BCUT2D eigenvalue weighted by molar-refractivity contribution is 7.47. The van der Waals surface area contributed by atoms with E-state index in [4.69, 9.17) is 37.0 Å². The predicted octanol–water partition coefficient (Wildman–Crippen LogP) is 23.7. The van der Waals surface area contributed by atoms with Gasteiger partial charge < -0.3 is 33.8 Å². The van der Waals surface area contributed by atoms with Crippen LogP contribution in [-0.4, -0.2) is 96.7 Å². The van der Waals surface area contributed by atoms with Crippen LogP contribution in [0.5, 0.6) is 0 Å². The van der Waals surface area contributed by atoms with Gasteiger partial charge in [-0.3, -0.25) is 37.3 Å². The van der Waals surface area contributed by atoms with E-state index in [0.717, 1.165) is 108 Å². The number of carbonyl (C=O) groups excluding carboxylic acids is 4. The number of unbranched alkanes of at least 4 members (excludes halogenated alkanes) is 45. The van der Waals surface area contributed by atoms with Crippen molar-refractivity contribution in [2.24, 2.45) is 17.8 Å². The number of aliphatic hydroxyl groups excluding tert-OH is 1. The fraction of sp³-hybridized carbons (Fsp3) is 0.950. The van der Waals surface area contributed by atoms with Crippen molar-refractivity contribution in [3.8, 4) is 0 Å². The van der Waals surface area contributed by atoms with Gasteiger partial charge in [-0.25, -0.2) is 9.13 Å². The van der Waals surface area contributed by atoms with E-state index in [2.05, 4.69) is 48.5 Å². The molecule has 19 heteroatoms. The molecule has 3 N–H and O–H groups in total. The summed E-state index contributed by atoms with van der Waals surface area (Å²) < 4.78 is 68.7. The Balaban J connectivity index is 5.26. The number of hydrogen-bond acceptors (Lipinski definition) is 15. The lowest BCUT2D eigenvalue weighted by Gasteiger charge is -2.21. The van der Waals surface area contributed by atoms with Gasteiger partial charge in [-0.05, 0) is 43.4 Å². The van der Waals surface area contributed by atoms with Gasteiger partial charge in [-0.1, -0.05) is 363 Å². The van der Waals surface area contributed by atoms with Crippen LogP contribution in [0.3, 0.4) is 0 Å². The van der Waals surface area contributed by atoms with Gasteiger partial charge in [-0.2, -0.15) is 0 Å². The van der Waals surface area contributed by atoms with Gasteiger partial charge in [0.15, 0.2) is 12.2 Å². The van der Waals surface area contributed by atoms with Crippen LogP contribution in [0.4, 0.5) is 0 Å². The molecule has 17 nitrogen and oxygen atoms in total. The number of hydrogen-bond donors (Lipinski definition) is 3. The lowest BCUT2D eigenvalue weighted by Crippen LogP contribution is -2.30. The summed E-state index contributed by atoms with van der Waals surface area (Å²) in [5.41, 5.74) is 0. The van der Waals surface area contributed by atoms with Gasteiger partial charge in [0.05, 0.1) is 26.4 Å². The molecule has 0 saturated heterocycles. The summed E-state index contributed by atoms with van der Waals surface area (Å²) in [6, 6.07) is 0. The second-order valence-corrected chi connectivity index (χ2v) is 32.9. The normalized spacial score (nSPS) is 14.3. The summed E-state index contributed by atoms with van der Waals surface area (Å²) in [5, 5.41) is 10.6. The van der Waals surface area contributed by atoms with E-state index in [1.807, 2.05) is 0 Å². The Hall–Kier alpha value is -1.94. The summed E-state index contributed by atoms with van der Waals surface area (Å²) in [6.45, 7) is 11.9. The molecule has 0 fully saturated rings. The molecule has 0 aromatic heterocycles. The fourth-order valence-electron chi connectivity index (χ4n) is 12.3. The van der Waals surface area contributed by atoms with Crippen LogP contribution < -0.4 is 0 Å². The molecule has 0 aliphatic rings. The van der Waals surface area contributed by atoms with Gasteiger partial charge in [0.2, 0.25) is 0 Å². The summed E-state index contributed by atoms with van der Waals surface area (Å²) in [6.07, 6.45) is 58.2. The fourth-order valence-corrected chi connectivity index (χ4v) is 13.9. The molecular weight excluding hydrogens is 1290 g/mol. The zero-order valence-electron chi connectivity index (χ0n) is 65.0. The third-order valence-corrected chi connectivity index (χ3v) is 20.9. The molecule has 0 rings (SSSR count). The molecule has 0 aliphatic carbocycles. The first-order valence-corrected chi connectivity index (χ1v) is 44.4. The Bertz CT molecular complexity index is 1920. The smallest absolute Gasteiger partial charge is 0.462 e. The summed E-state index contributed by atoms with van der Waals surface area (Å²) in [5.74, 6) is 0.208. The Labute approximate surface area is 607 Å². The van der Waals surface area contributed by atoms with Crippen molar-refractivity contribution in [2.45, 2.75) is 433 Å². The van der Waals surface area contributed by atoms with Crippen molar-refractivity contribution < 1.29 is 80.2 Å². The van der Waals surface area contributed by atoms with E-state index in [1.54, 1.807) is 0 Å². The molecule has 6 atom stereocenters. The minimum absolute atomic E-state index is 0.106. The van der Waals surface area contributed by atoms with Crippen molar-refractivity contribution in [1.29, 1.82) is 0 Å². The van der Waals surface area contributed by atoms with Gasteiger partial charge in [0.25, 0.3) is 0 Å². The topological polar surface area (TPSA) is 237 Å². The summed E-state index contributed by atoms with van der Waals surface area (Å²) in [7, 11) is -9.92. The molecule has 0 radical (unpaired) electrons. The van der Waals surface area contributed by atoms with Gasteiger partial charge in [0, 0.05) is 25.7 Å². The molecule has 0 spiro atoms. The Morgan fingerprint density at radius 3 is 0.768 bits per heavy atom. The molecule has 0 aromatic carbocycles. The highest BCUT2D eigenvalue weighted by atomic mass is 31.2. The Morgan fingerprint density at radius 2 is 0.515 bits per heavy atom. The third kappa shape index (κ3) is 72.8. The van der Waals surface area contributed by atoms with Crippen molar-refractivity contribution in [3.63, 3.8) is 0 Å². The number of rotatable bonds is 78. The zero-order valence-corrected chi connectivity index (χ0v) is 66.8. The maximum Gasteiger partial charge on any atom is 0.472 e. The number of ether oxygens (including phenoxy) is 4. The standard InChI is InChI=1S/C80H156O17P2/c1-8-10-11-12-13-14-15-16-17-18-19-20-23-27-33-42-49-56-63-79(84)96-75(67-90-77(82)61-54-47-40-32-26-24-21-22-25-30-37-44-51-58-71(3)4)69-94-98(86,87)92-65-74(81)66-93-99(88,89)95-70-76(68-91-78(83)62-55-48-41-36-35-38-45-52-59-72(5)6)97-80(85)64-57-50-43-34-29-28-31-39-46-53-60-73(7)9-2/h71-76,81H,8-70H2,1-7H3,(H,86,87)(H,88,89)/t73?,74-,75-,76-/m1/s1. The number of phosphoric ester groups is 2. The number of aliphatic hydroxyl groups is 1. The Kier molecular flexibility index (Phi) is 69.0. The SMILES string of the molecule is CCCCCCCCCCCCCCCCCCCCC(=O)O[C@H](COC(=O)CCCCCCCCCCCCCCCC(C)C)COP(=O)(O)OC[C@@H](O)COP(=O)(O)OC[C@@H](COC(=O)CCCCCCCCCCC(C)C)OC(=O)CCCCCCCCCCCCC(C)CC. The van der Waals surface area contributed by atoms with Crippen molar-refractivity contribution >= 4 is 39.5 Å². The first-order chi connectivity index (χ1) is 47.8. The van der Waals surface area contributed by atoms with E-state index in [9.17, 15) is 43.2 Å². The van der Waals surface area contributed by atoms with Crippen molar-refractivity contribution in [1.82, 2.24) is 0 Å². The molecule has 99 heavy (non-hydrogen) atoms. The van der Waals surface area contributed by atoms with Crippen LogP contribution in [0.25, 0.3) is 0 Å². The second-order valence-electron chi connectivity index (χ2n) is 30.0. The maximum absolute atomic E-state index is 13.1. The zero-order chi connectivity index (χ0) is 73.0. The van der Waals surface area contributed by atoms with Crippen LogP contribution in [0.15, 0.2) is 0 Å². The molecule has 3 unspecified atom stereocenters. The van der Waals surface area contributed by atoms with Crippen LogP contribution in [-0.2, 0) is 65.4 Å². The molecule has 0 bridgehead atoms. The molecule has 0 heterocycles. The average molecular weight is 1450 g/mol. The summed E-state index contributed by atoms with van der Waals surface area (Å²) in [4.78, 5) is 73.0. The molecule has 0 aromatic rings. The summed E-state index contributed by atoms with van der Waals surface area (Å²) >= 11 is 0. The largest absolute Gasteiger partial charge is 0.472 e. The van der Waals surface area contributed by atoms with Gasteiger partial charge in [-0.15, -0.1) is 0 Å². The number of phosphoric acid groups is 2. The maximum atomic E-state index is 13.1. The van der Waals surface area contributed by atoms with Crippen LogP contribution in [0.1, 0.15) is 414 Å². The van der Waals surface area contributed by atoms with E-state index in [-0.39, 0.29) is 25.7 Å². The highest BCUT2D eigenvalue weighted by Crippen LogP contribution is 2.45. The van der Waals surface area contributed by atoms with Crippen LogP contribution in [0, 0.1) is 17.8 Å². The lowest BCUT2D eigenvalue weighted by molar-refractivity contribution is -0.161. The van der Waals surface area contributed by atoms with Crippen molar-refractivity contribution in [3.05, 3.63) is 0 Å². The molecule has 588 valence electrons. The molecule has 0 amide bonds. The van der Waals surface area contributed by atoms with Gasteiger partial charge >= 0.3 is 39.5 Å². The lowest BCUT2D eigenvalue weighted by atomic mass is 9.99. The minimum atomic E-state index is -4.96. The first kappa shape index (κ1) is 97.1. The third-order valence-electron chi connectivity index (χ3n) is 19.0. The molecule has 0 saturated carbocycles. The quantitative estimate of drug-likeness (QED) is 0.0222. The molecular formula is C80H156O17P2. The van der Waals surface area contributed by atoms with E-state index in [1.165, 1.54) is 225 Å². The van der Waals surface area contributed by atoms with Crippen LogP contribution in [0.2, 0.25) is 0 Å². The highest BCUT2D eigenvalue weighted by Gasteiger charge is 2.30. The monoisotopic (exact) mass is 1450 g/mol. The second kappa shape index (κ2) is 70.4. The van der Waals surface area contributed by atoms with E-state index < -0.39 is 97.5 Å². The Morgan fingerprint density at radius 1 is 0.293 bits per heavy atom. The predicted molar refractivity (Wildman–Crippen MR) is 405 cm³/mol. The van der Waals surface area contributed by atoms with E-state index >= 15 is 0 Å². The first-order valence-electron chi connectivity index (χ1n) is 41.4. The minimum Gasteiger partial charge on any atom is -0.462 e.